The lowest BCUT2D eigenvalue weighted by atomic mass is 10.2. The highest BCUT2D eigenvalue weighted by atomic mass is 16.5. The molecule has 1 unspecified atom stereocenters. The smallest absolute Gasteiger partial charge is 0.0699 e. The molecule has 0 spiro atoms. The molecule has 2 nitrogen and oxygen atoms in total. The van der Waals surface area contributed by atoms with Crippen LogP contribution in [0, 0.1) is 0 Å². The predicted molar refractivity (Wildman–Crippen MR) is 44.2 cm³/mol. The summed E-state index contributed by atoms with van der Waals surface area (Å²) in [6, 6.07) is 0. The maximum Gasteiger partial charge on any atom is 0.0699 e. The minimum Gasteiger partial charge on any atom is -0.377 e. The summed E-state index contributed by atoms with van der Waals surface area (Å²) in [6.07, 6.45) is 2.78. The Bertz CT molecular complexity index is 52.0. The van der Waals surface area contributed by atoms with E-state index in [0.717, 1.165) is 19.6 Å². The zero-order chi connectivity index (χ0) is 7.82. The van der Waals surface area contributed by atoms with E-state index in [1.807, 2.05) is 14.0 Å². The lowest BCUT2D eigenvalue weighted by molar-refractivity contribution is 0.0577. The van der Waals surface area contributed by atoms with Gasteiger partial charge in [-0.1, -0.05) is 13.3 Å². The molecule has 2 heteroatoms. The van der Waals surface area contributed by atoms with Crippen LogP contribution in [0.4, 0.5) is 0 Å². The van der Waals surface area contributed by atoms with Crippen molar-refractivity contribution in [3.05, 3.63) is 0 Å². The van der Waals surface area contributed by atoms with E-state index in [1.54, 1.807) is 0 Å². The first-order valence-electron chi connectivity index (χ1n) is 4.11. The molecule has 0 aromatic carbocycles. The van der Waals surface area contributed by atoms with E-state index in [2.05, 4.69) is 12.2 Å². The normalized spacial score (nSPS) is 13.5. The Morgan fingerprint density at radius 2 is 2.10 bits per heavy atom. The van der Waals surface area contributed by atoms with E-state index >= 15 is 0 Å². The van der Waals surface area contributed by atoms with Crippen LogP contribution in [0.15, 0.2) is 0 Å². The minimum atomic E-state index is 0.417. The van der Waals surface area contributed by atoms with Crippen molar-refractivity contribution in [1.29, 1.82) is 0 Å². The van der Waals surface area contributed by atoms with Crippen LogP contribution in [0.2, 0.25) is 0 Å². The highest BCUT2D eigenvalue weighted by molar-refractivity contribution is 4.58. The van der Waals surface area contributed by atoms with Gasteiger partial charge in [0.2, 0.25) is 0 Å². The van der Waals surface area contributed by atoms with Gasteiger partial charge in [-0.2, -0.15) is 0 Å². The number of likely N-dealkylation sites (N-methyl/N-ethyl adjacent to an activating group) is 1. The highest BCUT2D eigenvalue weighted by Gasteiger charge is 2.03. The number of hydrogen-bond acceptors (Lipinski definition) is 2. The molecule has 1 N–H and O–H groups in total. The lowest BCUT2D eigenvalue weighted by Gasteiger charge is -2.14. The molecule has 0 aliphatic heterocycles. The quantitative estimate of drug-likeness (QED) is 0.610. The van der Waals surface area contributed by atoms with Gasteiger partial charge in [0.15, 0.2) is 0 Å². The molecule has 62 valence electrons. The van der Waals surface area contributed by atoms with Gasteiger partial charge in [-0.15, -0.1) is 0 Å². The molecule has 0 bridgehead atoms. The van der Waals surface area contributed by atoms with E-state index in [1.165, 1.54) is 6.42 Å². The van der Waals surface area contributed by atoms with Gasteiger partial charge >= 0.3 is 0 Å². The summed E-state index contributed by atoms with van der Waals surface area (Å²) in [7, 11) is 1.96. The Morgan fingerprint density at radius 3 is 2.50 bits per heavy atom. The van der Waals surface area contributed by atoms with Crippen LogP contribution in [-0.4, -0.2) is 26.3 Å². The fourth-order valence-electron chi connectivity index (χ4n) is 1.03. The molecule has 10 heavy (non-hydrogen) atoms. The maximum atomic E-state index is 5.46. The molecule has 0 aliphatic carbocycles. The van der Waals surface area contributed by atoms with E-state index in [4.69, 9.17) is 4.74 Å². The molecular weight excluding hydrogens is 126 g/mol. The first-order valence-corrected chi connectivity index (χ1v) is 4.11. The average Bonchev–Trinajstić information content (AvgIpc) is 1.90. The van der Waals surface area contributed by atoms with E-state index in [-0.39, 0.29) is 0 Å². The van der Waals surface area contributed by atoms with Crippen LogP contribution >= 0.6 is 0 Å². The van der Waals surface area contributed by atoms with Gasteiger partial charge in [0.1, 0.15) is 0 Å². The Kier molecular flexibility index (Phi) is 6.98. The third kappa shape index (κ3) is 4.77. The van der Waals surface area contributed by atoms with Crippen molar-refractivity contribution in [2.24, 2.45) is 0 Å². The molecule has 0 radical (unpaired) electrons. The second-order valence-electron chi connectivity index (χ2n) is 2.42. The van der Waals surface area contributed by atoms with Crippen LogP contribution in [-0.2, 0) is 4.74 Å². The van der Waals surface area contributed by atoms with Crippen molar-refractivity contribution in [3.8, 4) is 0 Å². The van der Waals surface area contributed by atoms with Crippen LogP contribution in [0.25, 0.3) is 0 Å². The van der Waals surface area contributed by atoms with E-state index < -0.39 is 0 Å². The number of rotatable bonds is 6. The van der Waals surface area contributed by atoms with E-state index in [9.17, 15) is 0 Å². The molecule has 0 aromatic rings. The minimum absolute atomic E-state index is 0.417. The van der Waals surface area contributed by atoms with Gasteiger partial charge in [0.25, 0.3) is 0 Å². The molecule has 0 fully saturated rings. The van der Waals surface area contributed by atoms with Crippen LogP contribution in [0.5, 0.6) is 0 Å². The first kappa shape index (κ1) is 9.92. The van der Waals surface area contributed by atoms with Gasteiger partial charge in [-0.25, -0.2) is 0 Å². The van der Waals surface area contributed by atoms with Gasteiger partial charge in [0, 0.05) is 13.2 Å². The molecule has 0 heterocycles. The number of nitrogens with one attached hydrogen (secondary N) is 1. The zero-order valence-corrected chi connectivity index (χ0v) is 7.31. The van der Waals surface area contributed by atoms with Gasteiger partial charge in [0.05, 0.1) is 6.10 Å². The van der Waals surface area contributed by atoms with Crippen molar-refractivity contribution >= 4 is 0 Å². The van der Waals surface area contributed by atoms with E-state index in [0.29, 0.717) is 6.10 Å². The van der Waals surface area contributed by atoms with Crippen molar-refractivity contribution < 1.29 is 4.74 Å². The van der Waals surface area contributed by atoms with Crippen LogP contribution in [0.3, 0.4) is 0 Å². The molecule has 0 saturated carbocycles. The summed E-state index contributed by atoms with van der Waals surface area (Å²) >= 11 is 0. The van der Waals surface area contributed by atoms with Crippen molar-refractivity contribution in [1.82, 2.24) is 5.32 Å². The summed E-state index contributed by atoms with van der Waals surface area (Å²) in [4.78, 5) is 0. The SMILES string of the molecule is CCCC(CNC)OCC. The van der Waals surface area contributed by atoms with Gasteiger partial charge in [-0.05, 0) is 20.4 Å². The third-order valence-corrected chi connectivity index (χ3v) is 1.44. The number of hydrogen-bond donors (Lipinski definition) is 1. The third-order valence-electron chi connectivity index (χ3n) is 1.44. The second-order valence-corrected chi connectivity index (χ2v) is 2.42. The Balaban J connectivity index is 3.30. The zero-order valence-electron chi connectivity index (χ0n) is 7.31. The van der Waals surface area contributed by atoms with Crippen molar-refractivity contribution in [2.75, 3.05) is 20.2 Å². The fourth-order valence-corrected chi connectivity index (χ4v) is 1.03. The summed E-state index contributed by atoms with van der Waals surface area (Å²) in [5.74, 6) is 0. The fraction of sp³-hybridized carbons (Fsp3) is 1.00. The molecule has 0 rings (SSSR count). The lowest BCUT2D eigenvalue weighted by Crippen LogP contribution is -2.26. The first-order chi connectivity index (χ1) is 4.85. The van der Waals surface area contributed by atoms with Crippen molar-refractivity contribution in [3.63, 3.8) is 0 Å². The molecular formula is C8H19NO. The topological polar surface area (TPSA) is 21.3 Å². The number of ether oxygens (including phenoxy) is 1. The molecule has 1 atom stereocenters. The molecule has 0 aliphatic rings. The molecule has 0 aromatic heterocycles. The van der Waals surface area contributed by atoms with Gasteiger partial charge < -0.3 is 10.1 Å². The maximum absolute atomic E-state index is 5.46. The summed E-state index contributed by atoms with van der Waals surface area (Å²) in [5.41, 5.74) is 0. The Morgan fingerprint density at radius 1 is 1.40 bits per heavy atom. The summed E-state index contributed by atoms with van der Waals surface area (Å²) in [6.45, 7) is 6.02. The molecule has 0 amide bonds. The summed E-state index contributed by atoms with van der Waals surface area (Å²) in [5, 5.41) is 3.11. The van der Waals surface area contributed by atoms with Crippen LogP contribution < -0.4 is 5.32 Å². The largest absolute Gasteiger partial charge is 0.377 e. The summed E-state index contributed by atoms with van der Waals surface area (Å²) < 4.78 is 5.46. The second kappa shape index (κ2) is 7.03. The standard InChI is InChI=1S/C8H19NO/c1-4-6-8(7-9-3)10-5-2/h8-9H,4-7H2,1-3H3. The van der Waals surface area contributed by atoms with Gasteiger partial charge in [-0.3, -0.25) is 0 Å². The Labute approximate surface area is 64.0 Å². The monoisotopic (exact) mass is 145 g/mol. The predicted octanol–water partition coefficient (Wildman–Crippen LogP) is 1.41. The average molecular weight is 145 g/mol. The van der Waals surface area contributed by atoms with Crippen LogP contribution in [0.1, 0.15) is 26.7 Å². The highest BCUT2D eigenvalue weighted by Crippen LogP contribution is 1.99. The molecule has 0 saturated heterocycles. The van der Waals surface area contributed by atoms with Crippen molar-refractivity contribution in [2.45, 2.75) is 32.8 Å². The Hall–Kier alpha value is -0.0800.